The van der Waals surface area contributed by atoms with Crippen molar-refractivity contribution in [2.24, 2.45) is 0 Å². The van der Waals surface area contributed by atoms with E-state index in [1.54, 1.807) is 6.07 Å². The Balaban J connectivity index is 2.49. The van der Waals surface area contributed by atoms with E-state index < -0.39 is 17.5 Å². The molecule has 100 valence electrons. The number of hydrogen-bond acceptors (Lipinski definition) is 1. The normalized spacial score (nSPS) is 10.7. The molecule has 0 aliphatic heterocycles. The Morgan fingerprint density at radius 3 is 2.26 bits per heavy atom. The Labute approximate surface area is 110 Å². The van der Waals surface area contributed by atoms with Gasteiger partial charge in [-0.25, -0.2) is 13.2 Å². The van der Waals surface area contributed by atoms with Gasteiger partial charge in [-0.05, 0) is 36.4 Å². The van der Waals surface area contributed by atoms with Crippen molar-refractivity contribution in [2.75, 3.05) is 6.54 Å². The molecule has 0 amide bonds. The maximum atomic E-state index is 13.8. The van der Waals surface area contributed by atoms with Crippen LogP contribution in [0.4, 0.5) is 13.2 Å². The summed E-state index contributed by atoms with van der Waals surface area (Å²) in [7, 11) is 0. The highest BCUT2D eigenvalue weighted by atomic mass is 19.1. The zero-order chi connectivity index (χ0) is 13.8. The first-order valence-electron chi connectivity index (χ1n) is 6.07. The fourth-order valence-electron chi connectivity index (χ4n) is 1.90. The van der Waals surface area contributed by atoms with E-state index in [-0.39, 0.29) is 11.1 Å². The van der Waals surface area contributed by atoms with E-state index in [1.165, 1.54) is 18.2 Å². The molecule has 0 saturated heterocycles. The molecular formula is C15H14F3N. The molecule has 2 aromatic carbocycles. The third-order valence-corrected chi connectivity index (χ3v) is 2.84. The van der Waals surface area contributed by atoms with E-state index in [9.17, 15) is 13.2 Å². The van der Waals surface area contributed by atoms with Gasteiger partial charge in [0.1, 0.15) is 17.5 Å². The summed E-state index contributed by atoms with van der Waals surface area (Å²) in [4.78, 5) is 0. The van der Waals surface area contributed by atoms with E-state index in [0.29, 0.717) is 6.54 Å². The molecule has 0 aromatic heterocycles. The summed E-state index contributed by atoms with van der Waals surface area (Å²) in [5.74, 6) is -2.16. The minimum atomic E-state index is -0.764. The molecule has 0 heterocycles. The van der Waals surface area contributed by atoms with Gasteiger partial charge in [-0.15, -0.1) is 0 Å². The summed E-state index contributed by atoms with van der Waals surface area (Å²) < 4.78 is 41.1. The predicted molar refractivity (Wildman–Crippen MR) is 69.1 cm³/mol. The van der Waals surface area contributed by atoms with Gasteiger partial charge < -0.3 is 5.32 Å². The molecule has 0 spiro atoms. The molecule has 0 saturated carbocycles. The van der Waals surface area contributed by atoms with Gasteiger partial charge in [0.05, 0.1) is 5.56 Å². The lowest BCUT2D eigenvalue weighted by Crippen LogP contribution is -2.11. The second-order valence-corrected chi connectivity index (χ2v) is 4.19. The largest absolute Gasteiger partial charge is 0.313 e. The lowest BCUT2D eigenvalue weighted by molar-refractivity contribution is 0.581. The number of rotatable bonds is 4. The van der Waals surface area contributed by atoms with Crippen LogP contribution in [0.1, 0.15) is 12.5 Å². The second-order valence-electron chi connectivity index (χ2n) is 4.19. The minimum Gasteiger partial charge on any atom is -0.313 e. The molecule has 0 aliphatic rings. The van der Waals surface area contributed by atoms with Crippen LogP contribution in [-0.2, 0) is 6.54 Å². The van der Waals surface area contributed by atoms with Crippen molar-refractivity contribution < 1.29 is 13.2 Å². The average molecular weight is 265 g/mol. The number of hydrogen-bond donors (Lipinski definition) is 1. The summed E-state index contributed by atoms with van der Waals surface area (Å²) >= 11 is 0. The van der Waals surface area contributed by atoms with Crippen molar-refractivity contribution in [3.63, 3.8) is 0 Å². The zero-order valence-electron chi connectivity index (χ0n) is 10.5. The molecule has 0 aliphatic carbocycles. The molecule has 2 aromatic rings. The van der Waals surface area contributed by atoms with Gasteiger partial charge in [0.25, 0.3) is 0 Å². The van der Waals surface area contributed by atoms with Gasteiger partial charge in [-0.3, -0.25) is 0 Å². The quantitative estimate of drug-likeness (QED) is 0.884. The maximum absolute atomic E-state index is 13.8. The topological polar surface area (TPSA) is 12.0 Å². The summed E-state index contributed by atoms with van der Waals surface area (Å²) in [6, 6.07) is 7.80. The van der Waals surface area contributed by atoms with Crippen LogP contribution < -0.4 is 5.32 Å². The summed E-state index contributed by atoms with van der Waals surface area (Å²) in [6.45, 7) is 3.24. The third-order valence-electron chi connectivity index (χ3n) is 2.84. The van der Waals surface area contributed by atoms with Crippen molar-refractivity contribution >= 4 is 0 Å². The van der Waals surface area contributed by atoms with Gasteiger partial charge >= 0.3 is 0 Å². The first-order valence-corrected chi connectivity index (χ1v) is 6.07. The summed E-state index contributed by atoms with van der Waals surface area (Å²) in [5.41, 5.74) is 0.408. The number of nitrogens with one attached hydrogen (secondary N) is 1. The molecule has 1 N–H and O–H groups in total. The van der Waals surface area contributed by atoms with Crippen molar-refractivity contribution in [1.29, 1.82) is 0 Å². The van der Waals surface area contributed by atoms with E-state index >= 15 is 0 Å². The van der Waals surface area contributed by atoms with E-state index in [0.717, 1.165) is 24.2 Å². The first kappa shape index (κ1) is 13.6. The summed E-state index contributed by atoms with van der Waals surface area (Å²) in [6.07, 6.45) is 0. The highest BCUT2D eigenvalue weighted by Crippen LogP contribution is 2.29. The highest BCUT2D eigenvalue weighted by molar-refractivity contribution is 5.66. The Hall–Kier alpha value is -1.81. The Morgan fingerprint density at radius 1 is 0.947 bits per heavy atom. The monoisotopic (exact) mass is 265 g/mol. The smallest absolute Gasteiger partial charge is 0.134 e. The van der Waals surface area contributed by atoms with Crippen LogP contribution in [0.5, 0.6) is 0 Å². The molecule has 1 nitrogen and oxygen atoms in total. The van der Waals surface area contributed by atoms with Gasteiger partial charge in [0.2, 0.25) is 0 Å². The molecule has 0 fully saturated rings. The SMILES string of the molecule is CCNCc1ccc(F)c(-c2c(F)cccc2F)c1. The van der Waals surface area contributed by atoms with Crippen LogP contribution in [-0.4, -0.2) is 6.54 Å². The Bertz CT molecular complexity index is 561. The van der Waals surface area contributed by atoms with Crippen molar-refractivity contribution in [2.45, 2.75) is 13.5 Å². The van der Waals surface area contributed by atoms with Crippen LogP contribution in [0.15, 0.2) is 36.4 Å². The van der Waals surface area contributed by atoms with Crippen LogP contribution in [0, 0.1) is 17.5 Å². The maximum Gasteiger partial charge on any atom is 0.134 e. The highest BCUT2D eigenvalue weighted by Gasteiger charge is 2.15. The molecule has 19 heavy (non-hydrogen) atoms. The van der Waals surface area contributed by atoms with Gasteiger partial charge in [-0.2, -0.15) is 0 Å². The molecule has 2 rings (SSSR count). The molecule has 4 heteroatoms. The van der Waals surface area contributed by atoms with Crippen LogP contribution in [0.25, 0.3) is 11.1 Å². The van der Waals surface area contributed by atoms with Crippen LogP contribution in [0.2, 0.25) is 0 Å². The zero-order valence-corrected chi connectivity index (χ0v) is 10.5. The lowest BCUT2D eigenvalue weighted by Gasteiger charge is -2.09. The van der Waals surface area contributed by atoms with Crippen molar-refractivity contribution in [1.82, 2.24) is 5.32 Å². The fraction of sp³-hybridized carbons (Fsp3) is 0.200. The van der Waals surface area contributed by atoms with Crippen molar-refractivity contribution in [3.05, 3.63) is 59.4 Å². The molecular weight excluding hydrogens is 251 g/mol. The fourth-order valence-corrected chi connectivity index (χ4v) is 1.90. The van der Waals surface area contributed by atoms with E-state index in [1.807, 2.05) is 6.92 Å². The van der Waals surface area contributed by atoms with Crippen LogP contribution >= 0.6 is 0 Å². The number of benzene rings is 2. The Kier molecular flexibility index (Phi) is 4.22. The van der Waals surface area contributed by atoms with Gasteiger partial charge in [0.15, 0.2) is 0 Å². The molecule has 0 atom stereocenters. The third kappa shape index (κ3) is 2.96. The summed E-state index contributed by atoms with van der Waals surface area (Å²) in [5, 5.41) is 3.08. The van der Waals surface area contributed by atoms with E-state index in [2.05, 4.69) is 5.32 Å². The van der Waals surface area contributed by atoms with Crippen molar-refractivity contribution in [3.8, 4) is 11.1 Å². The van der Waals surface area contributed by atoms with Gasteiger partial charge in [-0.1, -0.05) is 19.1 Å². The Morgan fingerprint density at radius 2 is 1.63 bits per heavy atom. The molecule has 0 bridgehead atoms. The van der Waals surface area contributed by atoms with Crippen LogP contribution in [0.3, 0.4) is 0 Å². The molecule has 0 unspecified atom stereocenters. The lowest BCUT2D eigenvalue weighted by atomic mass is 10.0. The number of halogens is 3. The minimum absolute atomic E-state index is 0.0500. The second kappa shape index (κ2) is 5.89. The molecule has 0 radical (unpaired) electrons. The standard InChI is InChI=1S/C15H14F3N/c1-2-19-9-10-6-7-12(16)11(8-10)15-13(17)4-3-5-14(15)18/h3-8,19H,2,9H2,1H3. The van der Waals surface area contributed by atoms with E-state index in [4.69, 9.17) is 0 Å². The van der Waals surface area contributed by atoms with Gasteiger partial charge in [0, 0.05) is 12.1 Å². The average Bonchev–Trinajstić information content (AvgIpc) is 2.39. The predicted octanol–water partition coefficient (Wildman–Crippen LogP) is 3.88. The first-order chi connectivity index (χ1) is 9.13.